The van der Waals surface area contributed by atoms with Gasteiger partial charge < -0.3 is 23.1 Å². The number of carbonyl (C=O) groups excluding carboxylic acids is 1. The summed E-state index contributed by atoms with van der Waals surface area (Å²) in [4.78, 5) is 26.2. The molecule has 1 fully saturated rings. The summed E-state index contributed by atoms with van der Waals surface area (Å²) in [5.74, 6) is 0.258. The molecule has 0 aliphatic carbocycles. The molecule has 1 saturated heterocycles. The molecular formula is C26H25Cl2F3N6O5. The molecule has 11 nitrogen and oxygen atoms in total. The summed E-state index contributed by atoms with van der Waals surface area (Å²) < 4.78 is 62.7. The Morgan fingerprint density at radius 3 is 2.57 bits per heavy atom. The summed E-state index contributed by atoms with van der Waals surface area (Å²) in [5, 5.41) is 4.28. The number of ether oxygens (including phenoxy) is 3. The zero-order chi connectivity index (χ0) is 30.6. The highest BCUT2D eigenvalue weighted by atomic mass is 35.5. The Morgan fingerprint density at radius 2 is 1.88 bits per heavy atom. The van der Waals surface area contributed by atoms with Crippen molar-refractivity contribution < 1.29 is 36.7 Å². The van der Waals surface area contributed by atoms with Gasteiger partial charge in [-0.3, -0.25) is 4.90 Å². The van der Waals surface area contributed by atoms with Crippen LogP contribution in [0.15, 0.2) is 35.2 Å². The summed E-state index contributed by atoms with van der Waals surface area (Å²) in [7, 11) is 0. The number of imidazole rings is 1. The van der Waals surface area contributed by atoms with Crippen molar-refractivity contribution in [3.05, 3.63) is 46.5 Å². The van der Waals surface area contributed by atoms with Crippen LogP contribution in [0.4, 0.5) is 18.0 Å². The molecule has 1 aliphatic heterocycles. The summed E-state index contributed by atoms with van der Waals surface area (Å²) in [6, 6.07) is 2.50. The van der Waals surface area contributed by atoms with Gasteiger partial charge in [0.15, 0.2) is 11.3 Å². The Balaban J connectivity index is 1.33. The number of hydrogen-bond acceptors (Lipinski definition) is 9. The average molecular weight is 629 g/mol. The Hall–Kier alpha value is -3.62. The number of hydrogen-bond donors (Lipinski definition) is 0. The minimum absolute atomic E-state index is 0.0449. The van der Waals surface area contributed by atoms with Crippen molar-refractivity contribution in [3.63, 3.8) is 0 Å². The molecular weight excluding hydrogens is 604 g/mol. The van der Waals surface area contributed by atoms with Gasteiger partial charge in [-0.05, 0) is 40.7 Å². The first-order valence-corrected chi connectivity index (χ1v) is 13.3. The summed E-state index contributed by atoms with van der Waals surface area (Å²) in [6.07, 6.45) is -2.03. The van der Waals surface area contributed by atoms with Crippen molar-refractivity contribution >= 4 is 34.9 Å². The monoisotopic (exact) mass is 628 g/mol. The van der Waals surface area contributed by atoms with E-state index < -0.39 is 35.3 Å². The minimum Gasteiger partial charge on any atom is -0.490 e. The molecule has 16 heteroatoms. The largest absolute Gasteiger partial charge is 0.490 e. The lowest BCUT2D eigenvalue weighted by molar-refractivity contribution is -0.141. The number of rotatable bonds is 5. The first kappa shape index (κ1) is 29.9. The molecule has 4 heterocycles. The number of carbonyl (C=O) groups is 1. The van der Waals surface area contributed by atoms with Gasteiger partial charge >= 0.3 is 12.3 Å². The summed E-state index contributed by atoms with van der Waals surface area (Å²) in [6.45, 7) is 9.12. The fourth-order valence-corrected chi connectivity index (χ4v) is 4.72. The van der Waals surface area contributed by atoms with E-state index in [0.717, 1.165) is 16.8 Å². The van der Waals surface area contributed by atoms with Crippen molar-refractivity contribution in [3.8, 4) is 28.7 Å². The fraction of sp³-hybridized carbons (Fsp3) is 0.423. The highest BCUT2D eigenvalue weighted by Crippen LogP contribution is 2.37. The zero-order valence-corrected chi connectivity index (χ0v) is 24.5. The van der Waals surface area contributed by atoms with Crippen LogP contribution in [0.3, 0.4) is 0 Å². The number of alkyl halides is 3. The summed E-state index contributed by atoms with van der Waals surface area (Å²) >= 11 is 13.0. The third kappa shape index (κ3) is 6.10. The van der Waals surface area contributed by atoms with E-state index in [1.165, 1.54) is 23.2 Å². The van der Waals surface area contributed by atoms with E-state index >= 15 is 0 Å². The van der Waals surface area contributed by atoms with Crippen LogP contribution in [0.5, 0.6) is 5.75 Å². The molecule has 0 radical (unpaired) electrons. The predicted molar refractivity (Wildman–Crippen MR) is 144 cm³/mol. The van der Waals surface area contributed by atoms with E-state index in [0.29, 0.717) is 5.56 Å². The second-order valence-electron chi connectivity index (χ2n) is 10.9. The molecule has 5 rings (SSSR count). The van der Waals surface area contributed by atoms with Crippen LogP contribution in [-0.4, -0.2) is 66.1 Å². The van der Waals surface area contributed by atoms with Crippen LogP contribution in [0.25, 0.3) is 28.6 Å². The van der Waals surface area contributed by atoms with Crippen molar-refractivity contribution in [1.29, 1.82) is 0 Å². The molecule has 0 saturated carbocycles. The van der Waals surface area contributed by atoms with Gasteiger partial charge in [0.05, 0.1) is 28.9 Å². The van der Waals surface area contributed by atoms with E-state index in [-0.39, 0.29) is 52.1 Å². The lowest BCUT2D eigenvalue weighted by Gasteiger charge is -2.35. The Bertz CT molecular complexity index is 1650. The molecule has 1 aliphatic rings. The Morgan fingerprint density at radius 1 is 1.14 bits per heavy atom. The molecule has 1 aromatic carbocycles. The SMILES string of the molecule is CC(C)(C)OC(=O)N1C(COc2cc(Cl)c(-c3noc(-c4cn5cc(C(F)(F)F)ncc5n4)n3)cc2Cl)COC1(C)C. The van der Waals surface area contributed by atoms with Crippen molar-refractivity contribution in [2.75, 3.05) is 13.2 Å². The van der Waals surface area contributed by atoms with E-state index in [1.807, 2.05) is 0 Å². The highest BCUT2D eigenvalue weighted by Gasteiger charge is 2.46. The molecule has 42 heavy (non-hydrogen) atoms. The van der Waals surface area contributed by atoms with E-state index in [9.17, 15) is 18.0 Å². The van der Waals surface area contributed by atoms with Gasteiger partial charge in [0.1, 0.15) is 29.4 Å². The maximum atomic E-state index is 13.0. The quantitative estimate of drug-likeness (QED) is 0.243. The molecule has 4 aromatic rings. The summed E-state index contributed by atoms with van der Waals surface area (Å²) in [5.41, 5.74) is -2.07. The molecule has 224 valence electrons. The van der Waals surface area contributed by atoms with Crippen molar-refractivity contribution in [1.82, 2.24) is 29.4 Å². The molecule has 1 amide bonds. The molecule has 1 unspecified atom stereocenters. The zero-order valence-electron chi connectivity index (χ0n) is 23.0. The highest BCUT2D eigenvalue weighted by molar-refractivity contribution is 6.36. The first-order chi connectivity index (χ1) is 19.5. The Labute approximate surface area is 247 Å². The van der Waals surface area contributed by atoms with Crippen LogP contribution < -0.4 is 4.74 Å². The number of amides is 1. The average Bonchev–Trinajstić information content (AvgIpc) is 3.58. The van der Waals surface area contributed by atoms with Crippen LogP contribution in [0.1, 0.15) is 40.3 Å². The lowest BCUT2D eigenvalue weighted by atomic mass is 10.2. The number of halogens is 5. The third-order valence-electron chi connectivity index (χ3n) is 6.14. The maximum Gasteiger partial charge on any atom is 0.434 e. The van der Waals surface area contributed by atoms with Gasteiger partial charge in [-0.2, -0.15) is 18.2 Å². The number of fused-ring (bicyclic) bond motifs is 1. The topological polar surface area (TPSA) is 117 Å². The predicted octanol–water partition coefficient (Wildman–Crippen LogP) is 6.52. The number of benzene rings is 1. The van der Waals surface area contributed by atoms with Crippen LogP contribution >= 0.6 is 23.2 Å². The normalized spacial score (nSPS) is 17.2. The molecule has 0 spiro atoms. The van der Waals surface area contributed by atoms with Crippen LogP contribution in [-0.2, 0) is 15.7 Å². The molecule has 3 aromatic heterocycles. The van der Waals surface area contributed by atoms with E-state index in [2.05, 4.69) is 20.1 Å². The Kier molecular flexibility index (Phi) is 7.52. The number of aromatic nitrogens is 5. The van der Waals surface area contributed by atoms with Crippen LogP contribution in [0.2, 0.25) is 10.0 Å². The van der Waals surface area contributed by atoms with Crippen LogP contribution in [0, 0.1) is 0 Å². The van der Waals surface area contributed by atoms with Gasteiger partial charge in [-0.15, -0.1) is 0 Å². The minimum atomic E-state index is -4.61. The molecule has 0 bridgehead atoms. The van der Waals surface area contributed by atoms with Gasteiger partial charge in [-0.25, -0.2) is 14.8 Å². The molecule has 1 atom stereocenters. The maximum absolute atomic E-state index is 13.0. The van der Waals surface area contributed by atoms with E-state index in [1.54, 1.807) is 34.6 Å². The van der Waals surface area contributed by atoms with Gasteiger partial charge in [0.25, 0.3) is 5.89 Å². The van der Waals surface area contributed by atoms with Crippen molar-refractivity contribution in [2.24, 2.45) is 0 Å². The fourth-order valence-electron chi connectivity index (χ4n) is 4.27. The number of nitrogens with zero attached hydrogens (tertiary/aromatic N) is 6. The van der Waals surface area contributed by atoms with Gasteiger partial charge in [0, 0.05) is 24.0 Å². The van der Waals surface area contributed by atoms with Gasteiger partial charge in [-0.1, -0.05) is 28.4 Å². The van der Waals surface area contributed by atoms with E-state index in [4.69, 9.17) is 41.9 Å². The second-order valence-corrected chi connectivity index (χ2v) is 11.7. The van der Waals surface area contributed by atoms with Gasteiger partial charge in [0.2, 0.25) is 5.82 Å². The lowest BCUT2D eigenvalue weighted by Crippen LogP contribution is -2.51. The standard InChI is InChI=1S/C26H25Cl2F3N6O5/c1-24(2,3)41-23(38)37-13(12-40-25(37,4)5)11-39-18-7-15(27)14(6-16(18)28)21-34-22(42-35-21)17-9-36-10-19(26(29,30)31)32-8-20(36)33-17/h6-10,13H,11-12H2,1-5H3. The first-order valence-electron chi connectivity index (χ1n) is 12.6. The second kappa shape index (κ2) is 10.6. The smallest absolute Gasteiger partial charge is 0.434 e. The third-order valence-corrected chi connectivity index (χ3v) is 6.74. The molecule has 0 N–H and O–H groups in total. The van der Waals surface area contributed by atoms with Crippen molar-refractivity contribution in [2.45, 2.75) is 58.2 Å².